The quantitative estimate of drug-likeness (QED) is 0.241. The molecule has 3 saturated heterocycles. The lowest BCUT2D eigenvalue weighted by Gasteiger charge is -2.40. The fourth-order valence-corrected chi connectivity index (χ4v) is 7.59. The minimum Gasteiger partial charge on any atom is -0.494 e. The van der Waals surface area contributed by atoms with Crippen molar-refractivity contribution in [3.05, 3.63) is 71.8 Å². The number of hydroxylamine groups is 1. The number of nitrogens with zero attached hydrogens (tertiary/aromatic N) is 6. The molecule has 13 heteroatoms. The third-order valence-corrected chi connectivity index (χ3v) is 10.4. The van der Waals surface area contributed by atoms with E-state index in [1.54, 1.807) is 30.4 Å². The zero-order valence-corrected chi connectivity index (χ0v) is 28.7. The van der Waals surface area contributed by atoms with Gasteiger partial charge < -0.3 is 20.3 Å². The van der Waals surface area contributed by atoms with E-state index in [-0.39, 0.29) is 10.9 Å². The first kappa shape index (κ1) is 33.5. The van der Waals surface area contributed by atoms with Gasteiger partial charge in [0.05, 0.1) is 41.8 Å². The SMILES string of the molecule is C=CC(=O)Nc1cc(Nc2cc(N3OCC[C@@H]3c3cccc(Cl)c3F)ncn2)c(OC)cc1N1CCC(N2CCCN(C3CC3)CC2)CC1. The van der Waals surface area contributed by atoms with Gasteiger partial charge in [-0.3, -0.25) is 19.4 Å². The van der Waals surface area contributed by atoms with Crippen LogP contribution in [0.1, 0.15) is 50.1 Å². The molecule has 49 heavy (non-hydrogen) atoms. The number of piperidine rings is 1. The van der Waals surface area contributed by atoms with Crippen molar-refractivity contribution in [2.24, 2.45) is 0 Å². The normalized spacial score (nSPS) is 21.0. The maximum atomic E-state index is 15.0. The molecule has 0 bridgehead atoms. The van der Waals surface area contributed by atoms with Gasteiger partial charge in [-0.2, -0.15) is 0 Å². The number of carbonyl (C=O) groups is 1. The Morgan fingerprint density at radius 3 is 2.47 bits per heavy atom. The Labute approximate surface area is 292 Å². The standard InChI is InChI=1S/C36H44ClFN8O3/c1-3-35(47)42-28-20-29(41-33-22-34(40-23-39-33)46-30(12-19-49-46)26-6-4-7-27(37)36(26)38)32(48-2)21-31(28)45-15-10-25(11-16-45)44-14-5-13-43(17-18-44)24-8-9-24/h3-4,6-7,20-25,30H,1,5,8-19H2,2H3,(H,42,47)(H,39,40,41)/t30-/m1/s1. The summed E-state index contributed by atoms with van der Waals surface area (Å²) in [5, 5.41) is 8.00. The Bertz CT molecular complexity index is 1670. The molecule has 260 valence electrons. The maximum Gasteiger partial charge on any atom is 0.247 e. The predicted molar refractivity (Wildman–Crippen MR) is 190 cm³/mol. The second-order valence-electron chi connectivity index (χ2n) is 13.1. The Morgan fingerprint density at radius 2 is 1.76 bits per heavy atom. The van der Waals surface area contributed by atoms with Crippen LogP contribution in [-0.2, 0) is 9.63 Å². The van der Waals surface area contributed by atoms with Gasteiger partial charge in [0.15, 0.2) is 5.82 Å². The monoisotopic (exact) mass is 690 g/mol. The van der Waals surface area contributed by atoms with E-state index in [0.29, 0.717) is 53.4 Å². The molecule has 0 radical (unpaired) electrons. The molecule has 3 aromatic rings. The largest absolute Gasteiger partial charge is 0.494 e. The van der Waals surface area contributed by atoms with Gasteiger partial charge in [-0.25, -0.2) is 19.4 Å². The van der Waals surface area contributed by atoms with Crippen molar-refractivity contribution >= 4 is 46.2 Å². The van der Waals surface area contributed by atoms with Crippen molar-refractivity contribution in [1.82, 2.24) is 19.8 Å². The Kier molecular flexibility index (Phi) is 10.2. The third kappa shape index (κ3) is 7.47. The zero-order valence-electron chi connectivity index (χ0n) is 27.9. The van der Waals surface area contributed by atoms with E-state index >= 15 is 0 Å². The van der Waals surface area contributed by atoms with E-state index in [9.17, 15) is 9.18 Å². The number of aromatic nitrogens is 2. The number of rotatable bonds is 10. The number of halogens is 2. The van der Waals surface area contributed by atoms with Gasteiger partial charge in [0.2, 0.25) is 5.91 Å². The summed E-state index contributed by atoms with van der Waals surface area (Å²) < 4.78 is 20.8. The maximum absolute atomic E-state index is 15.0. The van der Waals surface area contributed by atoms with Gasteiger partial charge in [-0.1, -0.05) is 30.3 Å². The number of ether oxygens (including phenoxy) is 1. The first-order valence-corrected chi connectivity index (χ1v) is 17.6. The molecule has 1 aliphatic carbocycles. The van der Waals surface area contributed by atoms with Crippen LogP contribution in [0.2, 0.25) is 5.02 Å². The van der Waals surface area contributed by atoms with Crippen LogP contribution in [0, 0.1) is 5.82 Å². The van der Waals surface area contributed by atoms with E-state index in [4.69, 9.17) is 21.2 Å². The van der Waals surface area contributed by atoms with E-state index in [1.807, 2.05) is 12.1 Å². The van der Waals surface area contributed by atoms with Gasteiger partial charge in [0.1, 0.15) is 23.7 Å². The highest BCUT2D eigenvalue weighted by Gasteiger charge is 2.34. The highest BCUT2D eigenvalue weighted by Crippen LogP contribution is 2.41. The highest BCUT2D eigenvalue weighted by atomic mass is 35.5. The number of nitrogens with one attached hydrogen (secondary N) is 2. The number of anilines is 5. The topological polar surface area (TPSA) is 98.3 Å². The Morgan fingerprint density at radius 1 is 1.00 bits per heavy atom. The first-order valence-electron chi connectivity index (χ1n) is 17.3. The average Bonchev–Trinajstić information content (AvgIpc) is 3.90. The molecule has 3 aliphatic heterocycles. The number of carbonyl (C=O) groups excluding carboxylic acids is 1. The first-order chi connectivity index (χ1) is 23.9. The van der Waals surface area contributed by atoms with Gasteiger partial charge in [-0.05, 0) is 63.4 Å². The lowest BCUT2D eigenvalue weighted by molar-refractivity contribution is -0.111. The fraction of sp³-hybridized carbons (Fsp3) is 0.472. The highest BCUT2D eigenvalue weighted by molar-refractivity contribution is 6.30. The summed E-state index contributed by atoms with van der Waals surface area (Å²) in [5.41, 5.74) is 2.59. The smallest absolute Gasteiger partial charge is 0.247 e. The summed E-state index contributed by atoms with van der Waals surface area (Å²) in [4.78, 5) is 35.1. The van der Waals surface area contributed by atoms with Crippen LogP contribution in [0.15, 0.2) is 55.4 Å². The molecule has 2 N–H and O–H groups in total. The fourth-order valence-electron chi connectivity index (χ4n) is 7.41. The second kappa shape index (κ2) is 14.9. The molecular formula is C36H44ClFN8O3. The van der Waals surface area contributed by atoms with E-state index in [2.05, 4.69) is 41.9 Å². The molecular weight excluding hydrogens is 647 g/mol. The molecule has 1 amide bonds. The van der Waals surface area contributed by atoms with E-state index in [1.165, 1.54) is 50.8 Å². The molecule has 4 fully saturated rings. The van der Waals surface area contributed by atoms with Crippen LogP contribution < -0.4 is 25.3 Å². The molecule has 0 unspecified atom stereocenters. The summed E-state index contributed by atoms with van der Waals surface area (Å²) in [7, 11) is 1.62. The van der Waals surface area contributed by atoms with Crippen LogP contribution >= 0.6 is 11.6 Å². The number of methoxy groups -OCH3 is 1. The van der Waals surface area contributed by atoms with Crippen molar-refractivity contribution in [1.29, 1.82) is 0 Å². The minimum absolute atomic E-state index is 0.0614. The minimum atomic E-state index is -0.470. The van der Waals surface area contributed by atoms with Crippen LogP contribution in [-0.4, -0.2) is 90.7 Å². The summed E-state index contributed by atoms with van der Waals surface area (Å²) in [5.74, 6) is 0.756. The van der Waals surface area contributed by atoms with Crippen molar-refractivity contribution in [3.63, 3.8) is 0 Å². The summed E-state index contributed by atoms with van der Waals surface area (Å²) >= 11 is 6.08. The third-order valence-electron chi connectivity index (χ3n) is 10.1. The Balaban J connectivity index is 1.09. The predicted octanol–water partition coefficient (Wildman–Crippen LogP) is 6.17. The molecule has 4 heterocycles. The second-order valence-corrected chi connectivity index (χ2v) is 13.5. The van der Waals surface area contributed by atoms with Crippen LogP contribution in [0.4, 0.5) is 33.1 Å². The molecule has 7 rings (SSSR count). The molecule has 1 saturated carbocycles. The number of hydrogen-bond acceptors (Lipinski definition) is 10. The van der Waals surface area contributed by atoms with Gasteiger partial charge >= 0.3 is 0 Å². The van der Waals surface area contributed by atoms with Crippen LogP contribution in [0.25, 0.3) is 0 Å². The number of amides is 1. The Hall–Kier alpha value is -3.97. The summed E-state index contributed by atoms with van der Waals surface area (Å²) in [6.45, 7) is 10.5. The molecule has 2 aromatic carbocycles. The number of benzene rings is 2. The van der Waals surface area contributed by atoms with E-state index < -0.39 is 11.9 Å². The van der Waals surface area contributed by atoms with Gasteiger partial charge in [0.25, 0.3) is 0 Å². The summed E-state index contributed by atoms with van der Waals surface area (Å²) in [6, 6.07) is 11.5. The molecule has 0 spiro atoms. The van der Waals surface area contributed by atoms with Crippen LogP contribution in [0.3, 0.4) is 0 Å². The molecule has 1 atom stereocenters. The lowest BCUT2D eigenvalue weighted by Crippen LogP contribution is -2.46. The van der Waals surface area contributed by atoms with E-state index in [0.717, 1.165) is 50.7 Å². The molecule has 11 nitrogen and oxygen atoms in total. The lowest BCUT2D eigenvalue weighted by atomic mass is 10.0. The van der Waals surface area contributed by atoms with Crippen molar-refractivity contribution in [2.45, 2.75) is 56.7 Å². The van der Waals surface area contributed by atoms with Crippen molar-refractivity contribution in [2.75, 3.05) is 73.6 Å². The molecule has 4 aliphatic rings. The van der Waals surface area contributed by atoms with Gasteiger partial charge in [0, 0.05) is 62.4 Å². The van der Waals surface area contributed by atoms with Crippen molar-refractivity contribution < 1.29 is 18.8 Å². The zero-order chi connectivity index (χ0) is 33.9. The van der Waals surface area contributed by atoms with Crippen LogP contribution in [0.5, 0.6) is 5.75 Å². The van der Waals surface area contributed by atoms with Gasteiger partial charge in [-0.15, -0.1) is 0 Å². The molecule has 1 aromatic heterocycles. The average molecular weight is 691 g/mol. The summed E-state index contributed by atoms with van der Waals surface area (Å²) in [6.07, 6.45) is 9.34. The number of hydrogen-bond donors (Lipinski definition) is 2. The van der Waals surface area contributed by atoms with Crippen molar-refractivity contribution in [3.8, 4) is 5.75 Å².